The Morgan fingerprint density at radius 2 is 2.03 bits per heavy atom. The Hall–Kier alpha value is -3.43. The number of para-hydroxylation sites is 1. The van der Waals surface area contributed by atoms with Crippen molar-refractivity contribution < 1.29 is 24.2 Å². The molecule has 0 aliphatic carbocycles. The van der Waals surface area contributed by atoms with Crippen LogP contribution < -0.4 is 15.8 Å². The van der Waals surface area contributed by atoms with Crippen LogP contribution in [0.15, 0.2) is 53.5 Å². The Balaban J connectivity index is 1.62. The zero-order chi connectivity index (χ0) is 26.6. The van der Waals surface area contributed by atoms with Crippen molar-refractivity contribution in [1.82, 2.24) is 10.2 Å². The molecule has 4 N–H and O–H groups in total. The van der Waals surface area contributed by atoms with Gasteiger partial charge in [-0.2, -0.15) is 0 Å². The van der Waals surface area contributed by atoms with Gasteiger partial charge >= 0.3 is 0 Å². The lowest BCUT2D eigenvalue weighted by Crippen LogP contribution is -2.52. The summed E-state index contributed by atoms with van der Waals surface area (Å²) >= 11 is 0. The van der Waals surface area contributed by atoms with E-state index in [1.165, 1.54) is 4.90 Å². The van der Waals surface area contributed by atoms with Crippen molar-refractivity contribution in [3.05, 3.63) is 65.2 Å². The summed E-state index contributed by atoms with van der Waals surface area (Å²) in [5, 5.41) is 13.5. The number of methoxy groups -OCH3 is 1. The van der Waals surface area contributed by atoms with E-state index in [1.807, 2.05) is 44.2 Å². The molecule has 0 bridgehead atoms. The number of aliphatic hydroxyl groups is 1. The molecular weight excluding hydrogens is 472 g/mol. The number of nitrogens with zero attached hydrogens (tertiary/aromatic N) is 2. The molecule has 4 rings (SSSR count). The molecule has 0 fully saturated rings. The molecule has 2 amide bonds. The summed E-state index contributed by atoms with van der Waals surface area (Å²) in [5.41, 5.74) is 7.79. The van der Waals surface area contributed by atoms with Crippen LogP contribution >= 0.6 is 0 Å². The number of hydrogen-bond donors (Lipinski definition) is 3. The first kappa shape index (κ1) is 26.6. The van der Waals surface area contributed by atoms with E-state index in [-0.39, 0.29) is 30.8 Å². The summed E-state index contributed by atoms with van der Waals surface area (Å²) in [6.45, 7) is 4.52. The fraction of sp³-hybridized carbons (Fsp3) is 0.464. The third-order valence-corrected chi connectivity index (χ3v) is 7.44. The SMILES string of the molecule is CCC1(CC)CC(=O)N(C(CCOC)c2cccc(C(=O)N[C@@H]3c4ccccc4OC[C@H]3O)c2)C(N)=N1. The van der Waals surface area contributed by atoms with Crippen LogP contribution in [0.3, 0.4) is 0 Å². The van der Waals surface area contributed by atoms with Gasteiger partial charge in [0.15, 0.2) is 5.96 Å². The van der Waals surface area contributed by atoms with Gasteiger partial charge in [-0.1, -0.05) is 44.2 Å². The molecule has 37 heavy (non-hydrogen) atoms. The minimum Gasteiger partial charge on any atom is -0.490 e. The lowest BCUT2D eigenvalue weighted by molar-refractivity contribution is -0.131. The highest BCUT2D eigenvalue weighted by Crippen LogP contribution is 2.35. The quantitative estimate of drug-likeness (QED) is 0.478. The Kier molecular flexibility index (Phi) is 8.14. The summed E-state index contributed by atoms with van der Waals surface area (Å²) in [4.78, 5) is 32.9. The van der Waals surface area contributed by atoms with Crippen molar-refractivity contribution in [2.75, 3.05) is 20.3 Å². The number of carbonyl (C=O) groups excluding carboxylic acids is 2. The number of rotatable bonds is 9. The second-order valence-corrected chi connectivity index (χ2v) is 9.63. The Morgan fingerprint density at radius 3 is 2.73 bits per heavy atom. The molecule has 0 radical (unpaired) electrons. The minimum absolute atomic E-state index is 0.0888. The van der Waals surface area contributed by atoms with E-state index in [4.69, 9.17) is 20.2 Å². The van der Waals surface area contributed by atoms with Crippen molar-refractivity contribution in [2.24, 2.45) is 10.7 Å². The molecule has 0 saturated heterocycles. The number of nitrogens with one attached hydrogen (secondary N) is 1. The highest BCUT2D eigenvalue weighted by molar-refractivity contribution is 6.00. The average Bonchev–Trinajstić information content (AvgIpc) is 2.91. The number of carbonyl (C=O) groups is 2. The minimum atomic E-state index is -0.879. The summed E-state index contributed by atoms with van der Waals surface area (Å²) < 4.78 is 10.9. The number of aliphatic imine (C=N–C) groups is 1. The van der Waals surface area contributed by atoms with Crippen molar-refractivity contribution in [3.63, 3.8) is 0 Å². The first-order chi connectivity index (χ1) is 17.8. The van der Waals surface area contributed by atoms with Crippen LogP contribution in [0.2, 0.25) is 0 Å². The number of benzene rings is 2. The summed E-state index contributed by atoms with van der Waals surface area (Å²) in [6.07, 6.45) is 1.34. The van der Waals surface area contributed by atoms with Crippen LogP contribution in [0, 0.1) is 0 Å². The Morgan fingerprint density at radius 1 is 1.27 bits per heavy atom. The second-order valence-electron chi connectivity index (χ2n) is 9.63. The molecule has 198 valence electrons. The standard InChI is InChI=1S/C28H36N4O5/c1-4-28(5-2)16-24(34)32(27(29)31-28)21(13-14-36-3)18-9-8-10-19(15-18)26(35)30-25-20-11-6-7-12-23(20)37-17-22(25)33/h6-12,15,21-22,25,33H,4-5,13-14,16-17H2,1-3H3,(H2,29,31)(H,30,35)/t21?,22-,25-/m1/s1. The first-order valence-electron chi connectivity index (χ1n) is 12.8. The summed E-state index contributed by atoms with van der Waals surface area (Å²) in [5.74, 6) is 0.405. The van der Waals surface area contributed by atoms with Crippen LogP contribution in [0.4, 0.5) is 0 Å². The predicted molar refractivity (Wildman–Crippen MR) is 140 cm³/mol. The molecule has 9 heteroatoms. The van der Waals surface area contributed by atoms with E-state index in [2.05, 4.69) is 5.32 Å². The molecule has 2 heterocycles. The third-order valence-electron chi connectivity index (χ3n) is 7.44. The number of ether oxygens (including phenoxy) is 2. The van der Waals surface area contributed by atoms with Gasteiger partial charge in [0, 0.05) is 24.8 Å². The molecule has 1 unspecified atom stereocenters. The molecule has 0 spiro atoms. The number of nitrogens with two attached hydrogens (primary N) is 1. The van der Waals surface area contributed by atoms with Gasteiger partial charge in [0.25, 0.3) is 5.91 Å². The van der Waals surface area contributed by atoms with E-state index >= 15 is 0 Å². The molecule has 2 aromatic carbocycles. The molecular formula is C28H36N4O5. The first-order valence-corrected chi connectivity index (χ1v) is 12.8. The zero-order valence-electron chi connectivity index (χ0n) is 21.6. The maximum atomic E-state index is 13.4. The van der Waals surface area contributed by atoms with E-state index < -0.39 is 23.7 Å². The van der Waals surface area contributed by atoms with E-state index in [0.717, 1.165) is 24.0 Å². The number of amides is 2. The monoisotopic (exact) mass is 508 g/mol. The van der Waals surface area contributed by atoms with Gasteiger partial charge in [-0.3, -0.25) is 14.5 Å². The van der Waals surface area contributed by atoms with Gasteiger partial charge in [0.05, 0.1) is 24.0 Å². The number of fused-ring (bicyclic) bond motifs is 1. The maximum Gasteiger partial charge on any atom is 0.251 e. The highest BCUT2D eigenvalue weighted by Gasteiger charge is 2.40. The fourth-order valence-corrected chi connectivity index (χ4v) is 5.13. The van der Waals surface area contributed by atoms with Crippen LogP contribution in [0.25, 0.3) is 0 Å². The van der Waals surface area contributed by atoms with E-state index in [0.29, 0.717) is 24.3 Å². The maximum absolute atomic E-state index is 13.4. The van der Waals surface area contributed by atoms with Gasteiger partial charge in [-0.05, 0) is 43.0 Å². The smallest absolute Gasteiger partial charge is 0.251 e. The largest absolute Gasteiger partial charge is 0.490 e. The highest BCUT2D eigenvalue weighted by atomic mass is 16.5. The van der Waals surface area contributed by atoms with Gasteiger partial charge in [-0.25, -0.2) is 4.99 Å². The zero-order valence-corrected chi connectivity index (χ0v) is 21.6. The van der Waals surface area contributed by atoms with Crippen LogP contribution in [0.5, 0.6) is 5.75 Å². The van der Waals surface area contributed by atoms with Crippen LogP contribution in [0.1, 0.15) is 73.1 Å². The van der Waals surface area contributed by atoms with E-state index in [9.17, 15) is 14.7 Å². The number of guanidine groups is 1. The molecule has 0 saturated carbocycles. The lowest BCUT2D eigenvalue weighted by Gasteiger charge is -2.40. The number of hydrogen-bond acceptors (Lipinski definition) is 7. The molecule has 2 aliphatic heterocycles. The van der Waals surface area contributed by atoms with Gasteiger partial charge in [-0.15, -0.1) is 0 Å². The van der Waals surface area contributed by atoms with E-state index in [1.54, 1.807) is 25.3 Å². The van der Waals surface area contributed by atoms with Crippen LogP contribution in [-0.4, -0.2) is 59.7 Å². The topological polar surface area (TPSA) is 126 Å². The molecule has 3 atom stereocenters. The fourth-order valence-electron chi connectivity index (χ4n) is 5.13. The Bertz CT molecular complexity index is 1160. The summed E-state index contributed by atoms with van der Waals surface area (Å²) in [6, 6.07) is 13.4. The predicted octanol–water partition coefficient (Wildman–Crippen LogP) is 3.09. The second kappa shape index (κ2) is 11.3. The molecule has 0 aromatic heterocycles. The molecule has 2 aromatic rings. The van der Waals surface area contributed by atoms with Crippen molar-refractivity contribution >= 4 is 17.8 Å². The van der Waals surface area contributed by atoms with Gasteiger partial charge in [0.2, 0.25) is 5.91 Å². The molecule has 2 aliphatic rings. The van der Waals surface area contributed by atoms with Crippen molar-refractivity contribution in [2.45, 2.75) is 63.3 Å². The lowest BCUT2D eigenvalue weighted by atomic mass is 9.87. The normalized spacial score (nSPS) is 21.5. The van der Waals surface area contributed by atoms with Crippen molar-refractivity contribution in [1.29, 1.82) is 0 Å². The number of aliphatic hydroxyl groups excluding tert-OH is 1. The average molecular weight is 509 g/mol. The van der Waals surface area contributed by atoms with Gasteiger partial charge in [0.1, 0.15) is 18.5 Å². The summed E-state index contributed by atoms with van der Waals surface area (Å²) in [7, 11) is 1.60. The third kappa shape index (κ3) is 5.47. The Labute approximate surface area is 217 Å². The van der Waals surface area contributed by atoms with Gasteiger partial charge < -0.3 is 25.6 Å². The van der Waals surface area contributed by atoms with Crippen molar-refractivity contribution in [3.8, 4) is 5.75 Å². The molecule has 9 nitrogen and oxygen atoms in total. The van der Waals surface area contributed by atoms with Crippen LogP contribution in [-0.2, 0) is 9.53 Å².